The van der Waals surface area contributed by atoms with Gasteiger partial charge in [-0.2, -0.15) is 0 Å². The first kappa shape index (κ1) is 13.9. The van der Waals surface area contributed by atoms with E-state index in [0.29, 0.717) is 11.8 Å². The predicted octanol–water partition coefficient (Wildman–Crippen LogP) is 2.51. The van der Waals surface area contributed by atoms with Crippen LogP contribution >= 0.6 is 0 Å². The number of hydrogen-bond donors (Lipinski definition) is 0. The number of unbranched alkanes of at least 4 members (excludes halogenated alkanes) is 3. The van der Waals surface area contributed by atoms with E-state index < -0.39 is 0 Å². The molecule has 1 aliphatic heterocycles. The summed E-state index contributed by atoms with van der Waals surface area (Å²) in [6, 6.07) is 0. The quantitative estimate of drug-likeness (QED) is 0.678. The maximum absolute atomic E-state index is 12.1. The van der Waals surface area contributed by atoms with Crippen LogP contribution in [0.5, 0.6) is 0 Å². The number of piperazine rings is 1. The Balaban J connectivity index is 1.60. The molecule has 3 heteroatoms. The zero-order chi connectivity index (χ0) is 12.8. The molecule has 0 aromatic carbocycles. The summed E-state index contributed by atoms with van der Waals surface area (Å²) in [7, 11) is 0. The summed E-state index contributed by atoms with van der Waals surface area (Å²) in [4.78, 5) is 16.7. The third-order valence-electron chi connectivity index (χ3n) is 4.47. The topological polar surface area (TPSA) is 23.6 Å². The van der Waals surface area contributed by atoms with Gasteiger partial charge in [0.25, 0.3) is 0 Å². The SMILES string of the molecule is CCCCCCN1CCN(C(=O)C2CCC2)CC1. The van der Waals surface area contributed by atoms with Gasteiger partial charge in [0.1, 0.15) is 0 Å². The maximum Gasteiger partial charge on any atom is 0.225 e. The zero-order valence-electron chi connectivity index (χ0n) is 11.9. The van der Waals surface area contributed by atoms with Gasteiger partial charge in [0.2, 0.25) is 5.91 Å². The Morgan fingerprint density at radius 1 is 1.06 bits per heavy atom. The Hall–Kier alpha value is -0.570. The standard InChI is InChI=1S/C15H28N2O/c1-2-3-4-5-9-16-10-12-17(13-11-16)15(18)14-7-6-8-14/h14H,2-13H2,1H3. The van der Waals surface area contributed by atoms with E-state index in [4.69, 9.17) is 0 Å². The van der Waals surface area contributed by atoms with E-state index in [-0.39, 0.29) is 0 Å². The number of amides is 1. The van der Waals surface area contributed by atoms with Gasteiger partial charge in [-0.3, -0.25) is 9.69 Å². The largest absolute Gasteiger partial charge is 0.340 e. The van der Waals surface area contributed by atoms with Crippen molar-refractivity contribution in [2.45, 2.75) is 51.9 Å². The lowest BCUT2D eigenvalue weighted by Gasteiger charge is -2.38. The fourth-order valence-electron chi connectivity index (χ4n) is 2.87. The van der Waals surface area contributed by atoms with Crippen LogP contribution in [0.4, 0.5) is 0 Å². The number of nitrogens with zero attached hydrogens (tertiary/aromatic N) is 2. The average molecular weight is 252 g/mol. The Kier molecular flexibility index (Phi) is 5.48. The van der Waals surface area contributed by atoms with Crippen LogP contribution in [-0.4, -0.2) is 48.4 Å². The summed E-state index contributed by atoms with van der Waals surface area (Å²) in [5.74, 6) is 0.813. The molecule has 18 heavy (non-hydrogen) atoms. The molecule has 1 saturated heterocycles. The summed E-state index contributed by atoms with van der Waals surface area (Å²) in [6.07, 6.45) is 8.88. The summed E-state index contributed by atoms with van der Waals surface area (Å²) >= 11 is 0. The van der Waals surface area contributed by atoms with Crippen LogP contribution in [0, 0.1) is 5.92 Å². The molecule has 1 heterocycles. The van der Waals surface area contributed by atoms with Crippen molar-refractivity contribution in [2.24, 2.45) is 5.92 Å². The van der Waals surface area contributed by atoms with Gasteiger partial charge in [-0.15, -0.1) is 0 Å². The van der Waals surface area contributed by atoms with Crippen LogP contribution < -0.4 is 0 Å². The van der Waals surface area contributed by atoms with Crippen molar-refractivity contribution in [3.8, 4) is 0 Å². The Bertz CT molecular complexity index is 255. The van der Waals surface area contributed by atoms with Crippen LogP contribution in [0.15, 0.2) is 0 Å². The number of carbonyl (C=O) groups excluding carboxylic acids is 1. The highest BCUT2D eigenvalue weighted by atomic mass is 16.2. The molecule has 1 amide bonds. The Morgan fingerprint density at radius 3 is 2.33 bits per heavy atom. The van der Waals surface area contributed by atoms with Gasteiger partial charge in [-0.25, -0.2) is 0 Å². The van der Waals surface area contributed by atoms with E-state index in [2.05, 4.69) is 16.7 Å². The van der Waals surface area contributed by atoms with Crippen LogP contribution in [0.25, 0.3) is 0 Å². The minimum absolute atomic E-state index is 0.376. The molecule has 0 bridgehead atoms. The van der Waals surface area contributed by atoms with Crippen LogP contribution in [0.1, 0.15) is 51.9 Å². The molecule has 2 fully saturated rings. The first-order chi connectivity index (χ1) is 8.81. The number of carbonyl (C=O) groups is 1. The molecule has 0 radical (unpaired) electrons. The monoisotopic (exact) mass is 252 g/mol. The fraction of sp³-hybridized carbons (Fsp3) is 0.933. The third kappa shape index (κ3) is 3.71. The van der Waals surface area contributed by atoms with Crippen molar-refractivity contribution in [1.29, 1.82) is 0 Å². The molecule has 0 aromatic heterocycles. The molecule has 0 spiro atoms. The van der Waals surface area contributed by atoms with Gasteiger partial charge < -0.3 is 4.90 Å². The lowest BCUT2D eigenvalue weighted by Crippen LogP contribution is -2.51. The van der Waals surface area contributed by atoms with Crippen molar-refractivity contribution in [3.63, 3.8) is 0 Å². The zero-order valence-corrected chi connectivity index (χ0v) is 11.9. The molecule has 104 valence electrons. The molecule has 0 atom stereocenters. The molecule has 3 nitrogen and oxygen atoms in total. The van der Waals surface area contributed by atoms with Gasteiger partial charge in [-0.1, -0.05) is 32.6 Å². The second-order valence-corrected chi connectivity index (χ2v) is 5.86. The second kappa shape index (κ2) is 7.13. The molecule has 0 unspecified atom stereocenters. The molecule has 2 aliphatic rings. The molecule has 0 N–H and O–H groups in total. The molecular weight excluding hydrogens is 224 g/mol. The molecule has 0 aromatic rings. The van der Waals surface area contributed by atoms with Gasteiger partial charge in [0.15, 0.2) is 0 Å². The highest BCUT2D eigenvalue weighted by molar-refractivity contribution is 5.79. The van der Waals surface area contributed by atoms with Gasteiger partial charge in [-0.05, 0) is 25.8 Å². The first-order valence-electron chi connectivity index (χ1n) is 7.82. The number of rotatable bonds is 6. The average Bonchev–Trinajstić information content (AvgIpc) is 2.33. The number of hydrogen-bond acceptors (Lipinski definition) is 2. The minimum Gasteiger partial charge on any atom is -0.340 e. The van der Waals surface area contributed by atoms with Crippen LogP contribution in [-0.2, 0) is 4.79 Å². The van der Waals surface area contributed by atoms with E-state index in [1.165, 1.54) is 38.6 Å². The lowest BCUT2D eigenvalue weighted by molar-refractivity contribution is -0.139. The minimum atomic E-state index is 0.376. The van der Waals surface area contributed by atoms with Crippen LogP contribution in [0.2, 0.25) is 0 Å². The Labute approximate surface area is 112 Å². The molecule has 2 rings (SSSR count). The van der Waals surface area contributed by atoms with Crippen molar-refractivity contribution in [3.05, 3.63) is 0 Å². The van der Waals surface area contributed by atoms with E-state index in [1.807, 2.05) is 0 Å². The second-order valence-electron chi connectivity index (χ2n) is 5.86. The molecule has 1 saturated carbocycles. The van der Waals surface area contributed by atoms with Gasteiger partial charge in [0.05, 0.1) is 0 Å². The lowest BCUT2D eigenvalue weighted by atomic mass is 9.84. The first-order valence-corrected chi connectivity index (χ1v) is 7.82. The van der Waals surface area contributed by atoms with E-state index in [9.17, 15) is 4.79 Å². The van der Waals surface area contributed by atoms with Gasteiger partial charge in [0, 0.05) is 32.1 Å². The van der Waals surface area contributed by atoms with Crippen molar-refractivity contribution in [2.75, 3.05) is 32.7 Å². The summed E-state index contributed by atoms with van der Waals surface area (Å²) in [5, 5.41) is 0. The third-order valence-corrected chi connectivity index (χ3v) is 4.47. The van der Waals surface area contributed by atoms with Crippen molar-refractivity contribution < 1.29 is 4.79 Å². The summed E-state index contributed by atoms with van der Waals surface area (Å²) in [5.41, 5.74) is 0. The maximum atomic E-state index is 12.1. The normalized spacial score (nSPS) is 21.9. The smallest absolute Gasteiger partial charge is 0.225 e. The van der Waals surface area contributed by atoms with Crippen molar-refractivity contribution >= 4 is 5.91 Å². The molecule has 1 aliphatic carbocycles. The Morgan fingerprint density at radius 2 is 1.78 bits per heavy atom. The predicted molar refractivity (Wildman–Crippen MR) is 74.5 cm³/mol. The van der Waals surface area contributed by atoms with Crippen molar-refractivity contribution in [1.82, 2.24) is 9.80 Å². The molecular formula is C15H28N2O. The van der Waals surface area contributed by atoms with Gasteiger partial charge >= 0.3 is 0 Å². The fourth-order valence-corrected chi connectivity index (χ4v) is 2.87. The summed E-state index contributed by atoms with van der Waals surface area (Å²) < 4.78 is 0. The highest BCUT2D eigenvalue weighted by Gasteiger charge is 2.30. The van der Waals surface area contributed by atoms with E-state index in [1.54, 1.807) is 0 Å². The summed E-state index contributed by atoms with van der Waals surface area (Å²) in [6.45, 7) is 7.58. The van der Waals surface area contributed by atoms with E-state index in [0.717, 1.165) is 39.0 Å². The van der Waals surface area contributed by atoms with Crippen LogP contribution in [0.3, 0.4) is 0 Å². The highest BCUT2D eigenvalue weighted by Crippen LogP contribution is 2.28. The van der Waals surface area contributed by atoms with E-state index >= 15 is 0 Å².